The molecule has 3 rings (SSSR count). The van der Waals surface area contributed by atoms with Crippen LogP contribution >= 0.6 is 11.6 Å². The van der Waals surface area contributed by atoms with Crippen molar-refractivity contribution in [2.45, 2.75) is 37.6 Å². The van der Waals surface area contributed by atoms with Crippen LogP contribution in [0.2, 0.25) is 5.02 Å². The highest BCUT2D eigenvalue weighted by atomic mass is 35.5. The van der Waals surface area contributed by atoms with E-state index in [4.69, 9.17) is 26.8 Å². The lowest BCUT2D eigenvalue weighted by molar-refractivity contribution is 0.250. The SMILES string of the molecule is COc1cc(C2(N)CCC2)c(Cl)cc1OCC1CC1. The first-order chi connectivity index (χ1) is 9.12. The van der Waals surface area contributed by atoms with E-state index in [0.717, 1.165) is 42.9 Å². The van der Waals surface area contributed by atoms with Crippen LogP contribution in [0.4, 0.5) is 0 Å². The number of methoxy groups -OCH3 is 1. The maximum Gasteiger partial charge on any atom is 0.162 e. The number of hydrogen-bond acceptors (Lipinski definition) is 3. The van der Waals surface area contributed by atoms with E-state index < -0.39 is 0 Å². The van der Waals surface area contributed by atoms with Crippen molar-refractivity contribution in [2.24, 2.45) is 11.7 Å². The zero-order chi connectivity index (χ0) is 13.5. The van der Waals surface area contributed by atoms with Crippen molar-refractivity contribution < 1.29 is 9.47 Å². The average molecular weight is 282 g/mol. The zero-order valence-corrected chi connectivity index (χ0v) is 12.0. The first-order valence-corrected chi connectivity index (χ1v) is 7.30. The quantitative estimate of drug-likeness (QED) is 0.899. The van der Waals surface area contributed by atoms with Crippen molar-refractivity contribution in [2.75, 3.05) is 13.7 Å². The molecule has 0 saturated heterocycles. The van der Waals surface area contributed by atoms with Gasteiger partial charge in [-0.15, -0.1) is 0 Å². The summed E-state index contributed by atoms with van der Waals surface area (Å²) >= 11 is 6.37. The van der Waals surface area contributed by atoms with Crippen LogP contribution in [-0.4, -0.2) is 13.7 Å². The molecule has 0 amide bonds. The number of benzene rings is 1. The van der Waals surface area contributed by atoms with E-state index in [1.54, 1.807) is 7.11 Å². The fourth-order valence-electron chi connectivity index (χ4n) is 2.51. The number of rotatable bonds is 5. The van der Waals surface area contributed by atoms with Gasteiger partial charge in [-0.05, 0) is 49.7 Å². The van der Waals surface area contributed by atoms with E-state index in [0.29, 0.717) is 10.9 Å². The van der Waals surface area contributed by atoms with E-state index in [9.17, 15) is 0 Å². The van der Waals surface area contributed by atoms with E-state index in [1.807, 2.05) is 12.1 Å². The summed E-state index contributed by atoms with van der Waals surface area (Å²) < 4.78 is 11.2. The summed E-state index contributed by atoms with van der Waals surface area (Å²) in [6.07, 6.45) is 5.66. The molecular weight excluding hydrogens is 262 g/mol. The minimum atomic E-state index is -0.278. The van der Waals surface area contributed by atoms with Gasteiger partial charge in [0.15, 0.2) is 11.5 Å². The summed E-state index contributed by atoms with van der Waals surface area (Å²) in [5.74, 6) is 2.17. The van der Waals surface area contributed by atoms with E-state index >= 15 is 0 Å². The van der Waals surface area contributed by atoms with Gasteiger partial charge in [0.2, 0.25) is 0 Å². The van der Waals surface area contributed by atoms with Crippen molar-refractivity contribution in [1.82, 2.24) is 0 Å². The average Bonchev–Trinajstić information content (AvgIpc) is 3.17. The first kappa shape index (κ1) is 13.1. The molecule has 0 radical (unpaired) electrons. The summed E-state index contributed by atoms with van der Waals surface area (Å²) in [6.45, 7) is 0.750. The molecule has 104 valence electrons. The first-order valence-electron chi connectivity index (χ1n) is 6.92. The predicted molar refractivity (Wildman–Crippen MR) is 75.9 cm³/mol. The second-order valence-electron chi connectivity index (χ2n) is 5.75. The standard InChI is InChI=1S/C15H20ClNO2/c1-18-13-7-11(15(17)5-2-6-15)12(16)8-14(13)19-9-10-3-4-10/h7-8,10H,2-6,9,17H2,1H3. The van der Waals surface area contributed by atoms with E-state index in [1.165, 1.54) is 12.8 Å². The lowest BCUT2D eigenvalue weighted by atomic mass is 9.72. The van der Waals surface area contributed by atoms with Crippen molar-refractivity contribution in [3.8, 4) is 11.5 Å². The normalized spacial score (nSPS) is 20.8. The number of ether oxygens (including phenoxy) is 2. The number of halogens is 1. The van der Waals surface area contributed by atoms with Crippen molar-refractivity contribution in [1.29, 1.82) is 0 Å². The summed E-state index contributed by atoms with van der Waals surface area (Å²) in [6, 6.07) is 3.80. The molecular formula is C15H20ClNO2. The predicted octanol–water partition coefficient (Wildman–Crippen LogP) is 3.48. The number of nitrogens with two attached hydrogens (primary N) is 1. The smallest absolute Gasteiger partial charge is 0.162 e. The second kappa shape index (κ2) is 4.88. The Hall–Kier alpha value is -0.930. The Labute approximate surface area is 119 Å². The minimum absolute atomic E-state index is 0.278. The maximum absolute atomic E-state index is 6.37. The van der Waals surface area contributed by atoms with Crippen molar-refractivity contribution in [3.05, 3.63) is 22.7 Å². The lowest BCUT2D eigenvalue weighted by Gasteiger charge is -2.39. The fraction of sp³-hybridized carbons (Fsp3) is 0.600. The Morgan fingerprint density at radius 3 is 2.58 bits per heavy atom. The monoisotopic (exact) mass is 281 g/mol. The molecule has 1 aromatic rings. The van der Waals surface area contributed by atoms with Crippen molar-refractivity contribution in [3.63, 3.8) is 0 Å². The van der Waals surface area contributed by atoms with Gasteiger partial charge in [0, 0.05) is 16.6 Å². The molecule has 0 aromatic heterocycles. The Morgan fingerprint density at radius 2 is 2.05 bits per heavy atom. The van der Waals surface area contributed by atoms with E-state index in [2.05, 4.69) is 0 Å². The highest BCUT2D eigenvalue weighted by molar-refractivity contribution is 6.31. The highest BCUT2D eigenvalue weighted by Crippen LogP contribution is 2.45. The van der Waals surface area contributed by atoms with Gasteiger partial charge >= 0.3 is 0 Å². The van der Waals surface area contributed by atoms with Crippen LogP contribution in [0, 0.1) is 5.92 Å². The molecule has 2 N–H and O–H groups in total. The van der Waals surface area contributed by atoms with Gasteiger partial charge in [-0.1, -0.05) is 11.6 Å². The van der Waals surface area contributed by atoms with Gasteiger partial charge in [-0.25, -0.2) is 0 Å². The second-order valence-corrected chi connectivity index (χ2v) is 6.15. The van der Waals surface area contributed by atoms with Gasteiger partial charge in [-0.3, -0.25) is 0 Å². The van der Waals surface area contributed by atoms with Crippen LogP contribution in [0.3, 0.4) is 0 Å². The summed E-state index contributed by atoms with van der Waals surface area (Å²) in [7, 11) is 1.65. The van der Waals surface area contributed by atoms with Crippen LogP contribution < -0.4 is 15.2 Å². The Bertz CT molecular complexity index is 481. The third-order valence-corrected chi connectivity index (χ3v) is 4.52. The molecule has 2 saturated carbocycles. The maximum atomic E-state index is 6.37. The van der Waals surface area contributed by atoms with Crippen LogP contribution in [0.5, 0.6) is 11.5 Å². The third-order valence-electron chi connectivity index (χ3n) is 4.21. The summed E-state index contributed by atoms with van der Waals surface area (Å²) in [5, 5.41) is 0.689. The molecule has 2 fully saturated rings. The van der Waals surface area contributed by atoms with Gasteiger partial charge in [0.05, 0.1) is 13.7 Å². The zero-order valence-electron chi connectivity index (χ0n) is 11.2. The molecule has 0 unspecified atom stereocenters. The van der Waals surface area contributed by atoms with Crippen LogP contribution in [0.25, 0.3) is 0 Å². The van der Waals surface area contributed by atoms with Crippen LogP contribution in [-0.2, 0) is 5.54 Å². The van der Waals surface area contributed by atoms with Gasteiger partial charge in [-0.2, -0.15) is 0 Å². The van der Waals surface area contributed by atoms with Crippen LogP contribution in [0.15, 0.2) is 12.1 Å². The molecule has 19 heavy (non-hydrogen) atoms. The number of hydrogen-bond donors (Lipinski definition) is 1. The molecule has 0 spiro atoms. The topological polar surface area (TPSA) is 44.5 Å². The Morgan fingerprint density at radius 1 is 1.32 bits per heavy atom. The molecule has 0 bridgehead atoms. The fourth-order valence-corrected chi connectivity index (χ4v) is 2.85. The largest absolute Gasteiger partial charge is 0.493 e. The molecule has 0 atom stereocenters. The molecule has 0 heterocycles. The van der Waals surface area contributed by atoms with Gasteiger partial charge < -0.3 is 15.2 Å². The third kappa shape index (κ3) is 2.54. The summed E-state index contributed by atoms with van der Waals surface area (Å²) in [4.78, 5) is 0. The molecule has 3 nitrogen and oxygen atoms in total. The molecule has 2 aliphatic carbocycles. The highest BCUT2D eigenvalue weighted by Gasteiger charge is 2.37. The van der Waals surface area contributed by atoms with Gasteiger partial charge in [0.25, 0.3) is 0 Å². The van der Waals surface area contributed by atoms with Gasteiger partial charge in [0.1, 0.15) is 0 Å². The van der Waals surface area contributed by atoms with E-state index in [-0.39, 0.29) is 5.54 Å². The summed E-state index contributed by atoms with van der Waals surface area (Å²) in [5.41, 5.74) is 7.05. The Balaban J connectivity index is 1.86. The van der Waals surface area contributed by atoms with Crippen LogP contribution in [0.1, 0.15) is 37.7 Å². The molecule has 1 aromatic carbocycles. The Kier molecular flexibility index (Phi) is 3.35. The molecule has 2 aliphatic rings. The minimum Gasteiger partial charge on any atom is -0.493 e. The molecule has 0 aliphatic heterocycles. The van der Waals surface area contributed by atoms with Crippen molar-refractivity contribution >= 4 is 11.6 Å². The lowest BCUT2D eigenvalue weighted by Crippen LogP contribution is -2.43. The molecule has 4 heteroatoms.